The van der Waals surface area contributed by atoms with Gasteiger partial charge in [0.1, 0.15) is 5.75 Å². The third-order valence-corrected chi connectivity index (χ3v) is 4.43. The maximum atomic E-state index is 11.9. The van der Waals surface area contributed by atoms with E-state index >= 15 is 0 Å². The number of rotatable bonds is 4. The van der Waals surface area contributed by atoms with Gasteiger partial charge in [-0.25, -0.2) is 4.98 Å². The van der Waals surface area contributed by atoms with Crippen LogP contribution in [0, 0.1) is 13.8 Å². The number of anilines is 1. The fourth-order valence-electron chi connectivity index (χ4n) is 1.75. The minimum absolute atomic E-state index is 0.108. The Morgan fingerprint density at radius 1 is 1.38 bits per heavy atom. The molecule has 1 aromatic heterocycles. The van der Waals surface area contributed by atoms with Crippen LogP contribution < -0.4 is 10.1 Å². The summed E-state index contributed by atoms with van der Waals surface area (Å²) in [6.45, 7) is 3.82. The third kappa shape index (κ3) is 3.95. The molecular weight excluding hydrogens is 356 g/mol. The highest BCUT2D eigenvalue weighted by atomic mass is 79.9. The van der Waals surface area contributed by atoms with E-state index in [-0.39, 0.29) is 12.5 Å². The summed E-state index contributed by atoms with van der Waals surface area (Å²) in [4.78, 5) is 15.8. The summed E-state index contributed by atoms with van der Waals surface area (Å²) in [5.74, 6) is 0.677. The number of amides is 1. The number of halogens is 2. The predicted molar refractivity (Wildman–Crippen MR) is 87.0 cm³/mol. The zero-order valence-electron chi connectivity index (χ0n) is 11.6. The van der Waals surface area contributed by atoms with Gasteiger partial charge in [-0.3, -0.25) is 4.79 Å². The van der Waals surface area contributed by atoms with Crippen LogP contribution >= 0.6 is 27.5 Å². The van der Waals surface area contributed by atoms with E-state index in [4.69, 9.17) is 16.3 Å². The number of nitrogens with one attached hydrogen (secondary N) is 1. The molecule has 0 bridgehead atoms. The van der Waals surface area contributed by atoms with Crippen LogP contribution in [0.25, 0.3) is 0 Å². The van der Waals surface area contributed by atoms with Gasteiger partial charge < -0.3 is 10.1 Å². The summed E-state index contributed by atoms with van der Waals surface area (Å²) < 4.78 is 6.51. The van der Waals surface area contributed by atoms with Crippen LogP contribution in [-0.2, 0) is 4.79 Å². The van der Waals surface area contributed by atoms with Gasteiger partial charge in [-0.1, -0.05) is 33.6 Å². The molecule has 21 heavy (non-hydrogen) atoms. The van der Waals surface area contributed by atoms with Gasteiger partial charge in [0.25, 0.3) is 5.91 Å². The molecule has 0 saturated carbocycles. The molecule has 1 N–H and O–H groups in total. The number of benzene rings is 1. The normalized spacial score (nSPS) is 10.3. The monoisotopic (exact) mass is 368 g/mol. The molecule has 0 saturated heterocycles. The van der Waals surface area contributed by atoms with E-state index in [0.29, 0.717) is 16.6 Å². The molecule has 0 unspecified atom stereocenters. The molecule has 4 nitrogen and oxygen atoms in total. The van der Waals surface area contributed by atoms with Crippen molar-refractivity contribution < 1.29 is 9.53 Å². The number of pyridine rings is 1. The van der Waals surface area contributed by atoms with Crippen LogP contribution in [0.5, 0.6) is 5.75 Å². The van der Waals surface area contributed by atoms with Gasteiger partial charge in [0.2, 0.25) is 0 Å². The molecule has 1 heterocycles. The number of hydrogen-bond acceptors (Lipinski definition) is 3. The number of aromatic nitrogens is 1. The van der Waals surface area contributed by atoms with Crippen LogP contribution in [0.3, 0.4) is 0 Å². The van der Waals surface area contributed by atoms with Crippen molar-refractivity contribution in [1.29, 1.82) is 0 Å². The first-order valence-electron chi connectivity index (χ1n) is 6.28. The minimum Gasteiger partial charge on any atom is -0.483 e. The zero-order valence-corrected chi connectivity index (χ0v) is 14.0. The van der Waals surface area contributed by atoms with Gasteiger partial charge in [0.05, 0.1) is 5.02 Å². The molecule has 0 radical (unpaired) electrons. The van der Waals surface area contributed by atoms with Crippen molar-refractivity contribution in [2.75, 3.05) is 11.9 Å². The fourth-order valence-corrected chi connectivity index (χ4v) is 2.24. The third-order valence-electron chi connectivity index (χ3n) is 2.90. The van der Waals surface area contributed by atoms with E-state index in [9.17, 15) is 4.79 Å². The van der Waals surface area contributed by atoms with Crippen molar-refractivity contribution in [2.45, 2.75) is 13.8 Å². The van der Waals surface area contributed by atoms with E-state index < -0.39 is 0 Å². The smallest absolute Gasteiger partial charge is 0.263 e. The maximum Gasteiger partial charge on any atom is 0.263 e. The summed E-state index contributed by atoms with van der Waals surface area (Å²) in [6.07, 6.45) is 1.56. The van der Waals surface area contributed by atoms with Crippen LogP contribution in [0.1, 0.15) is 11.1 Å². The van der Waals surface area contributed by atoms with E-state index in [1.165, 1.54) is 0 Å². The Bertz CT molecular complexity index is 677. The molecule has 2 aromatic rings. The Balaban J connectivity index is 1.99. The quantitative estimate of drug-likeness (QED) is 0.881. The van der Waals surface area contributed by atoms with Crippen molar-refractivity contribution in [3.05, 3.63) is 51.1 Å². The van der Waals surface area contributed by atoms with E-state index in [0.717, 1.165) is 15.6 Å². The van der Waals surface area contributed by atoms with Crippen molar-refractivity contribution >= 4 is 39.3 Å². The van der Waals surface area contributed by atoms with Gasteiger partial charge in [0, 0.05) is 16.2 Å². The lowest BCUT2D eigenvalue weighted by atomic mass is 10.1. The second-order valence-corrected chi connectivity index (χ2v) is 5.69. The molecule has 0 fully saturated rings. The van der Waals surface area contributed by atoms with Crippen molar-refractivity contribution in [2.24, 2.45) is 0 Å². The molecule has 0 spiro atoms. The average Bonchev–Trinajstić information content (AvgIpc) is 2.46. The predicted octanol–water partition coefficient (Wildman–Crippen LogP) is 4.13. The Labute approximate surface area is 136 Å². The van der Waals surface area contributed by atoms with Crippen LogP contribution in [-0.4, -0.2) is 17.5 Å². The molecule has 0 aliphatic carbocycles. The fraction of sp³-hybridized carbons (Fsp3) is 0.200. The number of nitrogens with zero attached hydrogens (tertiary/aromatic N) is 1. The summed E-state index contributed by atoms with van der Waals surface area (Å²) in [7, 11) is 0. The molecule has 6 heteroatoms. The van der Waals surface area contributed by atoms with E-state index in [1.807, 2.05) is 26.0 Å². The highest BCUT2D eigenvalue weighted by Crippen LogP contribution is 2.29. The SMILES string of the molecule is Cc1ccc(OCC(=O)Nc2ncccc2Cl)c(C)c1Br. The molecule has 0 aliphatic rings. The first-order valence-corrected chi connectivity index (χ1v) is 7.45. The van der Waals surface area contributed by atoms with E-state index in [1.54, 1.807) is 18.3 Å². The van der Waals surface area contributed by atoms with Crippen molar-refractivity contribution in [3.63, 3.8) is 0 Å². The lowest BCUT2D eigenvalue weighted by molar-refractivity contribution is -0.118. The number of ether oxygens (including phenoxy) is 1. The van der Waals surface area contributed by atoms with Gasteiger partial charge >= 0.3 is 0 Å². The number of aryl methyl sites for hydroxylation is 1. The largest absolute Gasteiger partial charge is 0.483 e. The summed E-state index contributed by atoms with van der Waals surface area (Å²) in [5.41, 5.74) is 2.07. The molecule has 2 rings (SSSR count). The number of carbonyl (C=O) groups is 1. The molecule has 110 valence electrons. The Kier molecular flexibility index (Phi) is 5.20. The van der Waals surface area contributed by atoms with Crippen molar-refractivity contribution in [3.8, 4) is 5.75 Å². The Morgan fingerprint density at radius 2 is 2.14 bits per heavy atom. The topological polar surface area (TPSA) is 51.2 Å². The van der Waals surface area contributed by atoms with Crippen LogP contribution in [0.4, 0.5) is 5.82 Å². The average molecular weight is 370 g/mol. The van der Waals surface area contributed by atoms with Gasteiger partial charge in [-0.2, -0.15) is 0 Å². The molecule has 0 atom stereocenters. The molecule has 1 aromatic carbocycles. The Hall–Kier alpha value is -1.59. The highest BCUT2D eigenvalue weighted by molar-refractivity contribution is 9.10. The first-order chi connectivity index (χ1) is 9.99. The lowest BCUT2D eigenvalue weighted by Crippen LogP contribution is -2.21. The lowest BCUT2D eigenvalue weighted by Gasteiger charge is -2.12. The first kappa shape index (κ1) is 15.8. The van der Waals surface area contributed by atoms with Gasteiger partial charge in [0.15, 0.2) is 12.4 Å². The van der Waals surface area contributed by atoms with Crippen molar-refractivity contribution in [1.82, 2.24) is 4.98 Å². The number of hydrogen-bond donors (Lipinski definition) is 1. The number of carbonyl (C=O) groups excluding carboxylic acids is 1. The highest BCUT2D eigenvalue weighted by Gasteiger charge is 2.10. The summed E-state index contributed by atoms with van der Waals surface area (Å²) in [6, 6.07) is 7.13. The minimum atomic E-state index is -0.313. The molecule has 0 aliphatic heterocycles. The second kappa shape index (κ2) is 6.91. The summed E-state index contributed by atoms with van der Waals surface area (Å²) >= 11 is 9.42. The maximum absolute atomic E-state index is 11.9. The zero-order chi connectivity index (χ0) is 15.4. The standard InChI is InChI=1S/C15H14BrClN2O2/c1-9-5-6-12(10(2)14(9)16)21-8-13(20)19-15-11(17)4-3-7-18-15/h3-7H,8H2,1-2H3,(H,18,19,20). The van der Waals surface area contributed by atoms with Crippen LogP contribution in [0.15, 0.2) is 34.9 Å². The molecular formula is C15H14BrClN2O2. The Morgan fingerprint density at radius 3 is 2.86 bits per heavy atom. The molecule has 1 amide bonds. The second-order valence-electron chi connectivity index (χ2n) is 4.49. The summed E-state index contributed by atoms with van der Waals surface area (Å²) in [5, 5.41) is 3.00. The van der Waals surface area contributed by atoms with Gasteiger partial charge in [-0.15, -0.1) is 0 Å². The van der Waals surface area contributed by atoms with Gasteiger partial charge in [-0.05, 0) is 37.6 Å². The van der Waals surface area contributed by atoms with E-state index in [2.05, 4.69) is 26.2 Å². The van der Waals surface area contributed by atoms with Crippen LogP contribution in [0.2, 0.25) is 5.02 Å².